The van der Waals surface area contributed by atoms with Crippen LogP contribution in [-0.4, -0.2) is 84.9 Å². The molecule has 1 aliphatic carbocycles. The molecule has 228 valence electrons. The van der Waals surface area contributed by atoms with Gasteiger partial charge in [-0.25, -0.2) is 4.39 Å². The summed E-state index contributed by atoms with van der Waals surface area (Å²) < 4.78 is 13.6. The van der Waals surface area contributed by atoms with E-state index in [1.165, 1.54) is 18.6 Å². The van der Waals surface area contributed by atoms with E-state index >= 15 is 0 Å². The number of nitrogens with zero attached hydrogens (tertiary/aromatic N) is 2. The lowest BCUT2D eigenvalue weighted by molar-refractivity contribution is -0.154. The quantitative estimate of drug-likeness (QED) is 0.467. The topological polar surface area (TPSA) is 93.8 Å². The molecule has 1 aromatic carbocycles. The summed E-state index contributed by atoms with van der Waals surface area (Å²) in [6, 6.07) is 4.91. The van der Waals surface area contributed by atoms with E-state index in [9.17, 15) is 18.8 Å². The highest BCUT2D eigenvalue weighted by Crippen LogP contribution is 2.55. The minimum Gasteiger partial charge on any atom is -0.351 e. The third kappa shape index (κ3) is 7.47. The third-order valence-corrected chi connectivity index (χ3v) is 9.63. The molecule has 4 rings (SSSR count). The van der Waals surface area contributed by atoms with Crippen LogP contribution < -0.4 is 16.0 Å². The van der Waals surface area contributed by atoms with Crippen LogP contribution in [0, 0.1) is 16.6 Å². The Labute approximate surface area is 245 Å². The SMILES string of the molecule is CN1CCN[C@H](C(=O)N[C@H](Cc2ccc(F)cc2)C(=O)N2CCC(C(=O)NC(C)(C)C)(C3(C)CCCCC3)CC2)C1. The molecule has 2 saturated heterocycles. The van der Waals surface area contributed by atoms with Crippen LogP contribution in [0.25, 0.3) is 0 Å². The summed E-state index contributed by atoms with van der Waals surface area (Å²) in [6.07, 6.45) is 6.96. The lowest BCUT2D eigenvalue weighted by Crippen LogP contribution is -2.62. The van der Waals surface area contributed by atoms with Crippen molar-refractivity contribution in [2.45, 2.75) is 96.7 Å². The van der Waals surface area contributed by atoms with Gasteiger partial charge in [0, 0.05) is 44.7 Å². The normalized spacial score (nSPS) is 23.9. The summed E-state index contributed by atoms with van der Waals surface area (Å²) in [5.41, 5.74) is -0.210. The Morgan fingerprint density at radius 3 is 2.24 bits per heavy atom. The highest BCUT2D eigenvalue weighted by Gasteiger charge is 2.55. The van der Waals surface area contributed by atoms with Crippen molar-refractivity contribution in [3.05, 3.63) is 35.6 Å². The number of hydrogen-bond donors (Lipinski definition) is 3. The smallest absolute Gasteiger partial charge is 0.245 e. The maximum Gasteiger partial charge on any atom is 0.245 e. The first-order chi connectivity index (χ1) is 19.3. The van der Waals surface area contributed by atoms with Crippen LogP contribution >= 0.6 is 0 Å². The van der Waals surface area contributed by atoms with E-state index in [-0.39, 0.29) is 40.9 Å². The van der Waals surface area contributed by atoms with E-state index in [0.29, 0.717) is 39.0 Å². The van der Waals surface area contributed by atoms with Crippen molar-refractivity contribution in [3.8, 4) is 0 Å². The summed E-state index contributed by atoms with van der Waals surface area (Å²) in [4.78, 5) is 45.2. The first-order valence-corrected chi connectivity index (χ1v) is 15.4. The number of carbonyl (C=O) groups is 3. The van der Waals surface area contributed by atoms with E-state index in [1.807, 2.05) is 32.7 Å². The molecule has 8 nitrogen and oxygen atoms in total. The zero-order valence-corrected chi connectivity index (χ0v) is 25.7. The molecule has 3 fully saturated rings. The van der Waals surface area contributed by atoms with E-state index in [0.717, 1.165) is 37.8 Å². The molecule has 0 aromatic heterocycles. The largest absolute Gasteiger partial charge is 0.351 e. The van der Waals surface area contributed by atoms with Gasteiger partial charge in [-0.05, 0) is 76.6 Å². The average molecular weight is 572 g/mol. The Bertz CT molecular complexity index is 1070. The minimum atomic E-state index is -0.775. The standard InChI is InChI=1S/C32H50FN5O3/c1-30(2,3)36-29(41)32(31(4)13-7-6-8-14-31)15-18-38(19-16-32)28(40)25(21-23-9-11-24(33)12-10-23)35-27(39)26-22-37(5)20-17-34-26/h9-12,25-26,34H,6-8,13-22H2,1-5H3,(H,35,39)(H,36,41)/t25-,26+/m1/s1. The molecule has 2 heterocycles. The van der Waals surface area contributed by atoms with Gasteiger partial charge in [-0.15, -0.1) is 0 Å². The van der Waals surface area contributed by atoms with E-state index in [1.54, 1.807) is 12.1 Å². The molecule has 41 heavy (non-hydrogen) atoms. The summed E-state index contributed by atoms with van der Waals surface area (Å²) in [6.45, 7) is 11.4. The lowest BCUT2D eigenvalue weighted by atomic mass is 9.54. The summed E-state index contributed by atoms with van der Waals surface area (Å²) in [5.74, 6) is -0.592. The number of halogens is 1. The number of nitrogens with one attached hydrogen (secondary N) is 3. The summed E-state index contributed by atoms with van der Waals surface area (Å²) in [7, 11) is 1.98. The fourth-order valence-electron chi connectivity index (χ4n) is 7.11. The Kier molecular flexibility index (Phi) is 9.79. The molecule has 3 aliphatic rings. The number of piperazine rings is 1. The maximum absolute atomic E-state index is 14.0. The highest BCUT2D eigenvalue weighted by molar-refractivity contribution is 5.91. The summed E-state index contributed by atoms with van der Waals surface area (Å²) >= 11 is 0. The number of likely N-dealkylation sites (tertiary alicyclic amines) is 1. The average Bonchev–Trinajstić information content (AvgIpc) is 2.93. The molecule has 2 atom stereocenters. The van der Waals surface area contributed by atoms with Crippen LogP contribution in [0.5, 0.6) is 0 Å². The van der Waals surface area contributed by atoms with Gasteiger partial charge in [0.15, 0.2) is 0 Å². The molecule has 3 N–H and O–H groups in total. The number of amides is 3. The molecule has 0 spiro atoms. The monoisotopic (exact) mass is 571 g/mol. The number of likely N-dealkylation sites (N-methyl/N-ethyl adjacent to an activating group) is 1. The number of piperidine rings is 1. The Morgan fingerprint density at radius 1 is 1.02 bits per heavy atom. The van der Waals surface area contributed by atoms with Crippen molar-refractivity contribution in [1.29, 1.82) is 0 Å². The molecule has 2 aliphatic heterocycles. The van der Waals surface area contributed by atoms with Crippen molar-refractivity contribution >= 4 is 17.7 Å². The molecule has 3 amide bonds. The predicted octanol–water partition coefficient (Wildman–Crippen LogP) is 3.25. The van der Waals surface area contributed by atoms with Crippen molar-refractivity contribution in [3.63, 3.8) is 0 Å². The fourth-order valence-corrected chi connectivity index (χ4v) is 7.11. The second-order valence-electron chi connectivity index (χ2n) is 13.9. The van der Waals surface area contributed by atoms with Gasteiger partial charge in [0.05, 0.1) is 11.5 Å². The fraction of sp³-hybridized carbons (Fsp3) is 0.719. The minimum absolute atomic E-state index is 0.102. The van der Waals surface area contributed by atoms with Crippen LogP contribution in [-0.2, 0) is 20.8 Å². The zero-order chi connectivity index (χ0) is 29.8. The van der Waals surface area contributed by atoms with Crippen molar-refractivity contribution in [2.24, 2.45) is 10.8 Å². The first kappa shape index (κ1) is 31.4. The van der Waals surface area contributed by atoms with Crippen LogP contribution in [0.2, 0.25) is 0 Å². The molecular formula is C32H50FN5O3. The molecule has 0 unspecified atom stereocenters. The molecule has 1 saturated carbocycles. The van der Waals surface area contributed by atoms with E-state index < -0.39 is 17.5 Å². The first-order valence-electron chi connectivity index (χ1n) is 15.4. The second kappa shape index (κ2) is 12.8. The number of carbonyl (C=O) groups excluding carboxylic acids is 3. The predicted molar refractivity (Wildman–Crippen MR) is 159 cm³/mol. The van der Waals surface area contributed by atoms with Gasteiger partial charge >= 0.3 is 0 Å². The van der Waals surface area contributed by atoms with Gasteiger partial charge in [-0.1, -0.05) is 38.3 Å². The number of benzene rings is 1. The highest BCUT2D eigenvalue weighted by atomic mass is 19.1. The molecule has 9 heteroatoms. The van der Waals surface area contributed by atoms with Gasteiger partial charge in [0.25, 0.3) is 0 Å². The molecule has 0 bridgehead atoms. The van der Waals surface area contributed by atoms with Crippen LogP contribution in [0.15, 0.2) is 24.3 Å². The van der Waals surface area contributed by atoms with Gasteiger partial charge in [0.2, 0.25) is 17.7 Å². The summed E-state index contributed by atoms with van der Waals surface area (Å²) in [5, 5.41) is 9.56. The van der Waals surface area contributed by atoms with Gasteiger partial charge in [-0.2, -0.15) is 0 Å². The van der Waals surface area contributed by atoms with Crippen molar-refractivity contribution in [1.82, 2.24) is 25.8 Å². The second-order valence-corrected chi connectivity index (χ2v) is 13.9. The van der Waals surface area contributed by atoms with Crippen molar-refractivity contribution in [2.75, 3.05) is 39.8 Å². The molecular weight excluding hydrogens is 521 g/mol. The van der Waals surface area contributed by atoms with Crippen LogP contribution in [0.4, 0.5) is 4.39 Å². The zero-order valence-electron chi connectivity index (χ0n) is 25.7. The van der Waals surface area contributed by atoms with Gasteiger partial charge in [-0.3, -0.25) is 14.4 Å². The lowest BCUT2D eigenvalue weighted by Gasteiger charge is -2.54. The van der Waals surface area contributed by atoms with E-state index in [2.05, 4.69) is 27.8 Å². The Morgan fingerprint density at radius 2 is 1.66 bits per heavy atom. The van der Waals surface area contributed by atoms with Crippen LogP contribution in [0.3, 0.4) is 0 Å². The molecule has 1 aromatic rings. The third-order valence-electron chi connectivity index (χ3n) is 9.63. The molecule has 0 radical (unpaired) electrons. The Balaban J connectivity index is 1.53. The maximum atomic E-state index is 14.0. The number of rotatable bonds is 7. The van der Waals surface area contributed by atoms with Crippen molar-refractivity contribution < 1.29 is 18.8 Å². The number of hydrogen-bond acceptors (Lipinski definition) is 5. The van der Waals surface area contributed by atoms with E-state index in [4.69, 9.17) is 0 Å². The Hall–Kier alpha value is -2.52. The van der Waals surface area contributed by atoms with Gasteiger partial charge in [0.1, 0.15) is 11.9 Å². The van der Waals surface area contributed by atoms with Crippen LogP contribution in [0.1, 0.15) is 78.2 Å². The van der Waals surface area contributed by atoms with Gasteiger partial charge < -0.3 is 25.8 Å².